The second kappa shape index (κ2) is 3.60. The van der Waals surface area contributed by atoms with E-state index in [0.29, 0.717) is 5.88 Å². The van der Waals surface area contributed by atoms with Gasteiger partial charge in [-0.2, -0.15) is 0 Å². The maximum Gasteiger partial charge on any atom is 0.0711 e. The minimum absolute atomic E-state index is 0.583. The number of alkyl halides is 1. The molecule has 68 valence electrons. The Balaban J connectivity index is 2.83. The fourth-order valence-corrected chi connectivity index (χ4v) is 3.25. The van der Waals surface area contributed by atoms with Gasteiger partial charge in [0.25, 0.3) is 0 Å². The molecule has 0 aliphatic heterocycles. The molecule has 0 aliphatic carbocycles. The van der Waals surface area contributed by atoms with Crippen molar-refractivity contribution in [2.24, 2.45) is 0 Å². The minimum Gasteiger partial charge on any atom is -0.128 e. The Morgan fingerprint density at radius 2 is 2.23 bits per heavy atom. The molecule has 0 saturated heterocycles. The van der Waals surface area contributed by atoms with Crippen LogP contribution < -0.4 is 0 Å². The summed E-state index contributed by atoms with van der Waals surface area (Å²) in [7, 11) is 0. The predicted molar refractivity (Wildman–Crippen MR) is 63.8 cm³/mol. The zero-order valence-corrected chi connectivity index (χ0v) is 10.3. The smallest absolute Gasteiger partial charge is 0.0711 e. The van der Waals surface area contributed by atoms with E-state index in [-0.39, 0.29) is 0 Å². The lowest BCUT2D eigenvalue weighted by Gasteiger charge is -2.00. The highest BCUT2D eigenvalue weighted by Crippen LogP contribution is 2.34. The maximum atomic E-state index is 5.86. The summed E-state index contributed by atoms with van der Waals surface area (Å²) in [5.74, 6) is 0.583. The van der Waals surface area contributed by atoms with Crippen LogP contribution in [0.25, 0.3) is 10.1 Å². The van der Waals surface area contributed by atoms with Crippen LogP contribution in [0.4, 0.5) is 0 Å². The first kappa shape index (κ1) is 9.50. The molecule has 0 radical (unpaired) electrons. The molecule has 1 heterocycles. The van der Waals surface area contributed by atoms with E-state index in [2.05, 4.69) is 41.1 Å². The summed E-state index contributed by atoms with van der Waals surface area (Å²) in [6.07, 6.45) is 0. The van der Waals surface area contributed by atoms with Gasteiger partial charge in [-0.15, -0.1) is 22.9 Å². The molecule has 2 aromatic rings. The fourth-order valence-electron chi connectivity index (χ4n) is 1.40. The highest BCUT2D eigenvalue weighted by Gasteiger charge is 2.06. The van der Waals surface area contributed by atoms with Gasteiger partial charge < -0.3 is 0 Å². The van der Waals surface area contributed by atoms with Gasteiger partial charge in [-0.25, -0.2) is 0 Å². The number of benzene rings is 1. The van der Waals surface area contributed by atoms with E-state index in [9.17, 15) is 0 Å². The molecule has 0 atom stereocenters. The molecule has 0 bridgehead atoms. The van der Waals surface area contributed by atoms with Crippen molar-refractivity contribution in [3.05, 3.63) is 33.1 Å². The first-order valence-electron chi connectivity index (χ1n) is 3.96. The first-order valence-corrected chi connectivity index (χ1v) is 6.10. The summed E-state index contributed by atoms with van der Waals surface area (Å²) in [6, 6.07) is 6.37. The largest absolute Gasteiger partial charge is 0.128 e. The van der Waals surface area contributed by atoms with E-state index < -0.39 is 0 Å². The summed E-state index contributed by atoms with van der Waals surface area (Å²) in [5.41, 5.74) is 2.53. The normalized spacial score (nSPS) is 11.0. The topological polar surface area (TPSA) is 0 Å². The minimum atomic E-state index is 0.583. The molecule has 3 heteroatoms. The van der Waals surface area contributed by atoms with Crippen molar-refractivity contribution >= 4 is 49.0 Å². The molecule has 0 nitrogen and oxygen atoms in total. The molecule has 0 spiro atoms. The lowest BCUT2D eigenvalue weighted by molar-refractivity contribution is 1.43. The van der Waals surface area contributed by atoms with Gasteiger partial charge in [0.15, 0.2) is 0 Å². The van der Waals surface area contributed by atoms with Gasteiger partial charge in [0.05, 0.1) is 3.79 Å². The Kier molecular flexibility index (Phi) is 2.63. The predicted octanol–water partition coefficient (Wildman–Crippen LogP) is 4.71. The zero-order chi connectivity index (χ0) is 9.42. The van der Waals surface area contributed by atoms with E-state index in [1.165, 1.54) is 25.0 Å². The summed E-state index contributed by atoms with van der Waals surface area (Å²) in [4.78, 5) is 0. The van der Waals surface area contributed by atoms with Gasteiger partial charge in [0.2, 0.25) is 0 Å². The number of thiophene rings is 1. The summed E-state index contributed by atoms with van der Waals surface area (Å²) < 4.78 is 2.51. The molecule has 0 amide bonds. The maximum absolute atomic E-state index is 5.86. The average Bonchev–Trinajstić information content (AvgIpc) is 2.48. The summed E-state index contributed by atoms with van der Waals surface area (Å²) in [6.45, 7) is 2.13. The number of rotatable bonds is 1. The SMILES string of the molecule is Cc1ccc(CCl)c2cc(Br)sc12. The fraction of sp³-hybridized carbons (Fsp3) is 0.200. The Morgan fingerprint density at radius 1 is 1.46 bits per heavy atom. The molecule has 13 heavy (non-hydrogen) atoms. The quantitative estimate of drug-likeness (QED) is 0.661. The van der Waals surface area contributed by atoms with Crippen LogP contribution in [0, 0.1) is 6.92 Å². The van der Waals surface area contributed by atoms with Crippen LogP contribution in [0.2, 0.25) is 0 Å². The highest BCUT2D eigenvalue weighted by molar-refractivity contribution is 9.11. The molecule has 0 saturated carbocycles. The van der Waals surface area contributed by atoms with Gasteiger partial charge in [-0.3, -0.25) is 0 Å². The monoisotopic (exact) mass is 274 g/mol. The number of hydrogen-bond acceptors (Lipinski definition) is 1. The summed E-state index contributed by atoms with van der Waals surface area (Å²) >= 11 is 11.1. The molecular weight excluding hydrogens is 268 g/mol. The molecule has 0 unspecified atom stereocenters. The highest BCUT2D eigenvalue weighted by atomic mass is 79.9. The van der Waals surface area contributed by atoms with Crippen molar-refractivity contribution in [1.82, 2.24) is 0 Å². The Hall–Kier alpha value is -0.0500. The van der Waals surface area contributed by atoms with E-state index >= 15 is 0 Å². The zero-order valence-electron chi connectivity index (χ0n) is 7.10. The second-order valence-electron chi connectivity index (χ2n) is 2.97. The lowest BCUT2D eigenvalue weighted by Crippen LogP contribution is -1.80. The van der Waals surface area contributed by atoms with Crippen molar-refractivity contribution < 1.29 is 0 Å². The third-order valence-corrected chi connectivity index (χ3v) is 4.15. The van der Waals surface area contributed by atoms with Crippen molar-refractivity contribution in [2.75, 3.05) is 0 Å². The first-order chi connectivity index (χ1) is 6.22. The van der Waals surface area contributed by atoms with E-state index in [0.717, 1.165) is 0 Å². The van der Waals surface area contributed by atoms with Crippen molar-refractivity contribution in [3.8, 4) is 0 Å². The molecule has 0 N–H and O–H groups in total. The molecular formula is C10H8BrClS. The Labute approximate surface area is 94.7 Å². The second-order valence-corrected chi connectivity index (χ2v) is 5.67. The van der Waals surface area contributed by atoms with E-state index in [4.69, 9.17) is 11.6 Å². The number of halogens is 2. The van der Waals surface area contributed by atoms with Gasteiger partial charge >= 0.3 is 0 Å². The summed E-state index contributed by atoms with van der Waals surface area (Å²) in [5, 5.41) is 1.28. The standard InChI is InChI=1S/C10H8BrClS/c1-6-2-3-7(5-12)8-4-9(11)13-10(6)8/h2-4H,5H2,1H3. The van der Waals surface area contributed by atoms with Gasteiger partial charge in [-0.1, -0.05) is 12.1 Å². The number of fused-ring (bicyclic) bond motifs is 1. The van der Waals surface area contributed by atoms with Crippen molar-refractivity contribution in [1.29, 1.82) is 0 Å². The van der Waals surface area contributed by atoms with E-state index in [1.54, 1.807) is 11.3 Å². The van der Waals surface area contributed by atoms with Crippen LogP contribution in [0.15, 0.2) is 22.0 Å². The molecule has 0 aliphatic rings. The Bertz CT molecular complexity index is 447. The van der Waals surface area contributed by atoms with Crippen LogP contribution in [-0.4, -0.2) is 0 Å². The van der Waals surface area contributed by atoms with Crippen molar-refractivity contribution in [2.45, 2.75) is 12.8 Å². The van der Waals surface area contributed by atoms with Gasteiger partial charge in [0, 0.05) is 10.6 Å². The van der Waals surface area contributed by atoms with Crippen LogP contribution in [0.3, 0.4) is 0 Å². The van der Waals surface area contributed by atoms with Crippen LogP contribution in [0.1, 0.15) is 11.1 Å². The molecule has 1 aromatic heterocycles. The van der Waals surface area contributed by atoms with Crippen LogP contribution >= 0.6 is 38.9 Å². The molecule has 2 rings (SSSR count). The number of hydrogen-bond donors (Lipinski definition) is 0. The Morgan fingerprint density at radius 3 is 2.92 bits per heavy atom. The van der Waals surface area contributed by atoms with Gasteiger partial charge in [0.1, 0.15) is 0 Å². The molecule has 1 aromatic carbocycles. The van der Waals surface area contributed by atoms with E-state index in [1.807, 2.05) is 0 Å². The number of aryl methyl sites for hydroxylation is 1. The van der Waals surface area contributed by atoms with Crippen LogP contribution in [0.5, 0.6) is 0 Å². The lowest BCUT2D eigenvalue weighted by atomic mass is 10.1. The van der Waals surface area contributed by atoms with Gasteiger partial charge in [-0.05, 0) is 45.4 Å². The van der Waals surface area contributed by atoms with Crippen LogP contribution in [-0.2, 0) is 5.88 Å². The third-order valence-electron chi connectivity index (χ3n) is 2.08. The van der Waals surface area contributed by atoms with Crippen molar-refractivity contribution in [3.63, 3.8) is 0 Å². The third kappa shape index (κ3) is 1.63. The average molecular weight is 276 g/mol. The molecule has 0 fully saturated rings.